The van der Waals surface area contributed by atoms with Crippen molar-refractivity contribution >= 4 is 23.2 Å². The molecule has 1 amide bonds. The van der Waals surface area contributed by atoms with Crippen LogP contribution in [-0.4, -0.2) is 5.91 Å². The normalized spacial score (nSPS) is 9.52. The average molecular weight is 416 g/mol. The summed E-state index contributed by atoms with van der Waals surface area (Å²) in [7, 11) is 0. The predicted molar refractivity (Wildman–Crippen MR) is 109 cm³/mol. The average Bonchev–Trinajstić information content (AvgIpc) is 3.39. The molecular formula is C23H18ClFeNO-6. The van der Waals surface area contributed by atoms with Crippen molar-refractivity contribution in [2.45, 2.75) is 0 Å². The number of rotatable bonds is 3. The molecule has 0 aliphatic rings. The van der Waals surface area contributed by atoms with E-state index in [-0.39, 0.29) is 23.0 Å². The Hall–Kier alpha value is -2.58. The summed E-state index contributed by atoms with van der Waals surface area (Å²) in [4.78, 5) is 12.3. The van der Waals surface area contributed by atoms with Gasteiger partial charge < -0.3 is 35.6 Å². The maximum atomic E-state index is 12.3. The number of hydrogen-bond donors (Lipinski definition) is 1. The van der Waals surface area contributed by atoms with Crippen LogP contribution in [0.5, 0.6) is 0 Å². The molecule has 0 saturated carbocycles. The van der Waals surface area contributed by atoms with Crippen molar-refractivity contribution in [2.75, 3.05) is 5.32 Å². The first-order valence-electron chi connectivity index (χ1n) is 8.29. The van der Waals surface area contributed by atoms with Crippen LogP contribution in [-0.2, 0) is 17.1 Å². The number of carbonyl (C=O) groups is 1. The monoisotopic (exact) mass is 415 g/mol. The SMILES string of the molecule is O=C(Nc1ccccc1-[c-]1cccc1)c1ccc(Cl)cc1.[Fe].[cH-]1[cH-][cH-][cH-][cH-]1. The Kier molecular flexibility index (Phi) is 8.09. The van der Waals surface area contributed by atoms with E-state index in [9.17, 15) is 4.79 Å². The minimum Gasteiger partial charge on any atom is -0.748 e. The second kappa shape index (κ2) is 10.5. The molecule has 4 rings (SSSR count). The van der Waals surface area contributed by atoms with Gasteiger partial charge in [0, 0.05) is 27.7 Å². The van der Waals surface area contributed by atoms with E-state index >= 15 is 0 Å². The van der Waals surface area contributed by atoms with Crippen molar-refractivity contribution in [3.63, 3.8) is 0 Å². The second-order valence-electron chi connectivity index (χ2n) is 5.64. The van der Waals surface area contributed by atoms with Gasteiger partial charge in [0.25, 0.3) is 0 Å². The fourth-order valence-corrected chi connectivity index (χ4v) is 2.64. The van der Waals surface area contributed by atoms with E-state index in [1.54, 1.807) is 24.3 Å². The van der Waals surface area contributed by atoms with Crippen molar-refractivity contribution in [2.24, 2.45) is 0 Å². The van der Waals surface area contributed by atoms with Crippen molar-refractivity contribution in [1.29, 1.82) is 0 Å². The number of nitrogens with one attached hydrogen (secondary N) is 1. The summed E-state index contributed by atoms with van der Waals surface area (Å²) in [6, 6.07) is 32.6. The van der Waals surface area contributed by atoms with Gasteiger partial charge in [-0.3, -0.25) is 4.79 Å². The number of anilines is 1. The summed E-state index contributed by atoms with van der Waals surface area (Å²) in [6.45, 7) is 0. The largest absolute Gasteiger partial charge is 0.748 e. The standard InChI is InChI=1S/C18H13ClNO.C5H5.Fe/c19-15-11-9-14(10-12-15)18(21)20-17-8-4-3-7-16(17)13-5-1-2-6-13;1-2-4-5-3-1;/h1-12H,(H,20,21);1-5H;/q-1;-5;. The van der Waals surface area contributed by atoms with Gasteiger partial charge >= 0.3 is 0 Å². The van der Waals surface area contributed by atoms with Crippen molar-refractivity contribution in [1.82, 2.24) is 0 Å². The van der Waals surface area contributed by atoms with Crippen LogP contribution in [0, 0.1) is 0 Å². The fourth-order valence-electron chi connectivity index (χ4n) is 2.51. The number of amides is 1. The minimum atomic E-state index is -0.148. The molecule has 0 aliphatic carbocycles. The van der Waals surface area contributed by atoms with Gasteiger partial charge in [-0.05, 0) is 30.0 Å². The zero-order chi connectivity index (χ0) is 18.2. The van der Waals surface area contributed by atoms with E-state index < -0.39 is 0 Å². The van der Waals surface area contributed by atoms with Gasteiger partial charge in [0.15, 0.2) is 0 Å². The number of para-hydroxylation sites is 1. The molecule has 0 spiro atoms. The molecular weight excluding hydrogens is 398 g/mol. The second-order valence-corrected chi connectivity index (χ2v) is 6.08. The molecule has 4 aromatic carbocycles. The molecule has 0 atom stereocenters. The summed E-state index contributed by atoms with van der Waals surface area (Å²) in [5.74, 6) is -0.148. The molecule has 4 aromatic rings. The van der Waals surface area contributed by atoms with Crippen LogP contribution in [0.4, 0.5) is 5.69 Å². The Morgan fingerprint density at radius 1 is 0.815 bits per heavy atom. The Balaban J connectivity index is 0.000000379. The molecule has 142 valence electrons. The zero-order valence-corrected chi connectivity index (χ0v) is 16.3. The van der Waals surface area contributed by atoms with E-state index in [0.29, 0.717) is 10.6 Å². The van der Waals surface area contributed by atoms with Crippen LogP contribution in [0.1, 0.15) is 10.4 Å². The summed E-state index contributed by atoms with van der Waals surface area (Å²) >= 11 is 5.84. The molecule has 0 aromatic heterocycles. The van der Waals surface area contributed by atoms with E-state index in [2.05, 4.69) is 5.32 Å². The fraction of sp³-hybridized carbons (Fsp3) is 0. The first-order valence-corrected chi connectivity index (χ1v) is 8.66. The van der Waals surface area contributed by atoms with Crippen molar-refractivity contribution < 1.29 is 21.9 Å². The maximum absolute atomic E-state index is 12.3. The van der Waals surface area contributed by atoms with Crippen LogP contribution >= 0.6 is 11.6 Å². The van der Waals surface area contributed by atoms with Crippen LogP contribution in [0.25, 0.3) is 11.1 Å². The number of benzene rings is 2. The molecule has 0 unspecified atom stereocenters. The van der Waals surface area contributed by atoms with Gasteiger partial charge in [-0.25, -0.2) is 0 Å². The molecule has 4 heteroatoms. The molecule has 0 heterocycles. The summed E-state index contributed by atoms with van der Waals surface area (Å²) in [6.07, 6.45) is 0. The van der Waals surface area contributed by atoms with Gasteiger partial charge in [0.05, 0.1) is 0 Å². The smallest absolute Gasteiger partial charge is 0.249 e. The third-order valence-electron chi connectivity index (χ3n) is 3.81. The molecule has 0 fully saturated rings. The third-order valence-corrected chi connectivity index (χ3v) is 4.06. The topological polar surface area (TPSA) is 29.1 Å². The summed E-state index contributed by atoms with van der Waals surface area (Å²) in [5, 5.41) is 3.57. The van der Waals surface area contributed by atoms with Gasteiger partial charge in [-0.1, -0.05) is 40.9 Å². The van der Waals surface area contributed by atoms with Gasteiger partial charge in [0.1, 0.15) is 0 Å². The van der Waals surface area contributed by atoms with Crippen LogP contribution < -0.4 is 5.32 Å². The van der Waals surface area contributed by atoms with Gasteiger partial charge in [-0.2, -0.15) is 12.1 Å². The van der Waals surface area contributed by atoms with Crippen LogP contribution in [0.15, 0.2) is 103 Å². The summed E-state index contributed by atoms with van der Waals surface area (Å²) < 4.78 is 0. The number of hydrogen-bond acceptors (Lipinski definition) is 1. The summed E-state index contributed by atoms with van der Waals surface area (Å²) in [5.41, 5.74) is 3.46. The Labute approximate surface area is 175 Å². The van der Waals surface area contributed by atoms with Gasteiger partial charge in [-0.15, -0.1) is 18.2 Å². The number of carbonyl (C=O) groups excluding carboxylic acids is 1. The van der Waals surface area contributed by atoms with Crippen molar-refractivity contribution in [3.05, 3.63) is 114 Å². The van der Waals surface area contributed by atoms with E-state index in [1.807, 2.05) is 78.9 Å². The Morgan fingerprint density at radius 2 is 1.37 bits per heavy atom. The zero-order valence-electron chi connectivity index (χ0n) is 14.5. The quantitative estimate of drug-likeness (QED) is 0.305. The third kappa shape index (κ3) is 5.97. The molecule has 0 radical (unpaired) electrons. The molecule has 0 saturated heterocycles. The van der Waals surface area contributed by atoms with E-state index in [0.717, 1.165) is 16.8 Å². The molecule has 27 heavy (non-hydrogen) atoms. The van der Waals surface area contributed by atoms with Crippen molar-refractivity contribution in [3.8, 4) is 11.1 Å². The minimum absolute atomic E-state index is 0. The number of halogens is 1. The first kappa shape index (κ1) is 20.7. The van der Waals surface area contributed by atoms with Crippen LogP contribution in [0.2, 0.25) is 5.02 Å². The van der Waals surface area contributed by atoms with Gasteiger partial charge in [0.2, 0.25) is 5.91 Å². The van der Waals surface area contributed by atoms with E-state index in [1.165, 1.54) is 0 Å². The van der Waals surface area contributed by atoms with Crippen LogP contribution in [0.3, 0.4) is 0 Å². The maximum Gasteiger partial charge on any atom is 0.249 e. The Morgan fingerprint density at radius 3 is 1.96 bits per heavy atom. The first-order chi connectivity index (χ1) is 12.7. The predicted octanol–water partition coefficient (Wildman–Crippen LogP) is 6.38. The van der Waals surface area contributed by atoms with E-state index in [4.69, 9.17) is 11.6 Å². The molecule has 1 N–H and O–H groups in total. The Bertz CT molecular complexity index is 912. The molecule has 2 nitrogen and oxygen atoms in total. The molecule has 0 bridgehead atoms. The molecule has 0 aliphatic heterocycles.